The number of halogens is 1. The minimum atomic E-state index is -0.338. The second-order valence-electron chi connectivity index (χ2n) is 5.35. The predicted molar refractivity (Wildman–Crippen MR) is 74.9 cm³/mol. The highest BCUT2D eigenvalue weighted by Crippen LogP contribution is 2.20. The number of benzene rings is 1. The summed E-state index contributed by atoms with van der Waals surface area (Å²) in [6, 6.07) is 5.60. The van der Waals surface area contributed by atoms with Crippen molar-refractivity contribution in [3.05, 3.63) is 35.6 Å². The number of Topliss-reactive ketones (excluding diaryl/α,β-unsaturated/α-hetero) is 1. The monoisotopic (exact) mass is 277 g/mol. The third kappa shape index (κ3) is 3.65. The highest BCUT2D eigenvalue weighted by molar-refractivity contribution is 5.96. The number of nitrogens with zero attached hydrogens (tertiary/aromatic N) is 1. The quantitative estimate of drug-likeness (QED) is 0.749. The fourth-order valence-electron chi connectivity index (χ4n) is 2.55. The van der Waals surface area contributed by atoms with Gasteiger partial charge in [-0.3, -0.25) is 9.59 Å². The van der Waals surface area contributed by atoms with Crippen molar-refractivity contribution in [3.63, 3.8) is 0 Å². The molecule has 4 heteroatoms. The van der Waals surface area contributed by atoms with Crippen LogP contribution >= 0.6 is 0 Å². The van der Waals surface area contributed by atoms with Crippen LogP contribution < -0.4 is 0 Å². The van der Waals surface area contributed by atoms with Gasteiger partial charge in [-0.2, -0.15) is 0 Å². The van der Waals surface area contributed by atoms with Gasteiger partial charge in [0.1, 0.15) is 5.82 Å². The van der Waals surface area contributed by atoms with Gasteiger partial charge in [-0.15, -0.1) is 0 Å². The lowest BCUT2D eigenvalue weighted by Crippen LogP contribution is -2.26. The molecule has 0 aliphatic carbocycles. The first-order chi connectivity index (χ1) is 9.60. The fourth-order valence-corrected chi connectivity index (χ4v) is 2.55. The van der Waals surface area contributed by atoms with Gasteiger partial charge in [-0.05, 0) is 36.6 Å². The summed E-state index contributed by atoms with van der Waals surface area (Å²) in [5.74, 6) is 0.333. The van der Waals surface area contributed by atoms with Crippen molar-refractivity contribution in [1.82, 2.24) is 4.90 Å². The molecule has 0 aromatic heterocycles. The summed E-state index contributed by atoms with van der Waals surface area (Å²) in [6.07, 6.45) is 2.73. The van der Waals surface area contributed by atoms with Gasteiger partial charge in [0, 0.05) is 31.5 Å². The summed E-state index contributed by atoms with van der Waals surface area (Å²) in [7, 11) is 0. The summed E-state index contributed by atoms with van der Waals surface area (Å²) in [5.41, 5.74) is 0.533. The van der Waals surface area contributed by atoms with E-state index in [0.29, 0.717) is 37.3 Å². The molecule has 1 amide bonds. The molecule has 0 N–H and O–H groups in total. The van der Waals surface area contributed by atoms with Crippen molar-refractivity contribution in [2.75, 3.05) is 13.1 Å². The second kappa shape index (κ2) is 6.64. The van der Waals surface area contributed by atoms with E-state index in [2.05, 4.69) is 6.92 Å². The lowest BCUT2D eigenvalue weighted by molar-refractivity contribution is -0.127. The molecule has 0 radical (unpaired) electrons. The topological polar surface area (TPSA) is 37.4 Å². The Morgan fingerprint density at radius 1 is 1.35 bits per heavy atom. The smallest absolute Gasteiger partial charge is 0.222 e. The number of ketones is 1. The summed E-state index contributed by atoms with van der Waals surface area (Å²) in [5, 5.41) is 0. The molecule has 0 spiro atoms. The zero-order chi connectivity index (χ0) is 14.5. The SMILES string of the molecule is CCC1CC(=O)N(CCCC(=O)c2ccc(F)cc2)C1. The number of carbonyl (C=O) groups excluding carboxylic acids is 2. The van der Waals surface area contributed by atoms with Gasteiger partial charge in [0.25, 0.3) is 0 Å². The highest BCUT2D eigenvalue weighted by Gasteiger charge is 2.27. The van der Waals surface area contributed by atoms with Crippen LogP contribution in [-0.4, -0.2) is 29.7 Å². The number of hydrogen-bond donors (Lipinski definition) is 0. The van der Waals surface area contributed by atoms with E-state index in [-0.39, 0.29) is 17.5 Å². The molecule has 0 bridgehead atoms. The summed E-state index contributed by atoms with van der Waals surface area (Å²) in [6.45, 7) is 3.56. The fraction of sp³-hybridized carbons (Fsp3) is 0.500. The van der Waals surface area contributed by atoms with Gasteiger partial charge in [0.2, 0.25) is 5.91 Å². The van der Waals surface area contributed by atoms with Crippen molar-refractivity contribution in [1.29, 1.82) is 0 Å². The number of rotatable bonds is 6. The molecule has 3 nitrogen and oxygen atoms in total. The molecule has 1 aromatic rings. The van der Waals surface area contributed by atoms with Crippen LogP contribution in [0.3, 0.4) is 0 Å². The molecule has 108 valence electrons. The lowest BCUT2D eigenvalue weighted by atomic mass is 10.1. The minimum absolute atomic E-state index is 0.00341. The zero-order valence-corrected chi connectivity index (χ0v) is 11.8. The van der Waals surface area contributed by atoms with Gasteiger partial charge in [-0.1, -0.05) is 13.3 Å². The van der Waals surface area contributed by atoms with E-state index < -0.39 is 0 Å². The zero-order valence-electron chi connectivity index (χ0n) is 11.8. The molecular weight excluding hydrogens is 257 g/mol. The largest absolute Gasteiger partial charge is 0.342 e. The van der Waals surface area contributed by atoms with Crippen molar-refractivity contribution >= 4 is 11.7 Å². The molecule has 1 aromatic carbocycles. The van der Waals surface area contributed by atoms with Gasteiger partial charge < -0.3 is 4.90 Å². The Hall–Kier alpha value is -1.71. The molecule has 1 saturated heterocycles. The predicted octanol–water partition coefficient (Wildman–Crippen LogP) is 3.05. The second-order valence-corrected chi connectivity index (χ2v) is 5.35. The van der Waals surface area contributed by atoms with E-state index in [1.54, 1.807) is 0 Å². The van der Waals surface area contributed by atoms with Crippen LogP contribution in [0.1, 0.15) is 43.0 Å². The van der Waals surface area contributed by atoms with Crippen LogP contribution in [-0.2, 0) is 4.79 Å². The molecule has 1 atom stereocenters. The van der Waals surface area contributed by atoms with Crippen LogP contribution in [0.25, 0.3) is 0 Å². The normalized spacial score (nSPS) is 18.6. The Morgan fingerprint density at radius 2 is 2.05 bits per heavy atom. The first-order valence-electron chi connectivity index (χ1n) is 7.16. The van der Waals surface area contributed by atoms with Crippen molar-refractivity contribution < 1.29 is 14.0 Å². The molecular formula is C16H20FNO2. The van der Waals surface area contributed by atoms with Crippen molar-refractivity contribution in [3.8, 4) is 0 Å². The molecule has 0 saturated carbocycles. The molecule has 1 heterocycles. The maximum atomic E-state index is 12.8. The van der Waals surface area contributed by atoms with E-state index in [1.165, 1.54) is 24.3 Å². The standard InChI is InChI=1S/C16H20FNO2/c1-2-12-10-16(20)18(11-12)9-3-4-15(19)13-5-7-14(17)8-6-13/h5-8,12H,2-4,9-11H2,1H3. The Balaban J connectivity index is 1.77. The number of amides is 1. The average molecular weight is 277 g/mol. The molecule has 1 aliphatic heterocycles. The van der Waals surface area contributed by atoms with Crippen LogP contribution in [0, 0.1) is 11.7 Å². The Labute approximate surface area is 118 Å². The molecule has 1 aliphatic rings. The van der Waals surface area contributed by atoms with Gasteiger partial charge in [-0.25, -0.2) is 4.39 Å². The van der Waals surface area contributed by atoms with Gasteiger partial charge >= 0.3 is 0 Å². The van der Waals surface area contributed by atoms with Crippen molar-refractivity contribution in [2.45, 2.75) is 32.6 Å². The molecule has 20 heavy (non-hydrogen) atoms. The first kappa shape index (κ1) is 14.7. The Kier molecular flexibility index (Phi) is 4.88. The number of hydrogen-bond acceptors (Lipinski definition) is 2. The maximum absolute atomic E-state index is 12.8. The first-order valence-corrected chi connectivity index (χ1v) is 7.16. The third-order valence-electron chi connectivity index (χ3n) is 3.87. The number of carbonyl (C=O) groups is 2. The maximum Gasteiger partial charge on any atom is 0.222 e. The lowest BCUT2D eigenvalue weighted by Gasteiger charge is -2.15. The van der Waals surface area contributed by atoms with Crippen LogP contribution in [0.4, 0.5) is 4.39 Å². The number of likely N-dealkylation sites (tertiary alicyclic amines) is 1. The van der Waals surface area contributed by atoms with Crippen LogP contribution in [0.5, 0.6) is 0 Å². The van der Waals surface area contributed by atoms with Crippen LogP contribution in [0.2, 0.25) is 0 Å². The minimum Gasteiger partial charge on any atom is -0.342 e. The molecule has 1 unspecified atom stereocenters. The summed E-state index contributed by atoms with van der Waals surface area (Å²) in [4.78, 5) is 25.5. The van der Waals surface area contributed by atoms with E-state index >= 15 is 0 Å². The van der Waals surface area contributed by atoms with E-state index in [0.717, 1.165) is 13.0 Å². The summed E-state index contributed by atoms with van der Waals surface area (Å²) < 4.78 is 12.8. The van der Waals surface area contributed by atoms with Crippen LogP contribution in [0.15, 0.2) is 24.3 Å². The van der Waals surface area contributed by atoms with Gasteiger partial charge in [0.05, 0.1) is 0 Å². The molecule has 1 fully saturated rings. The van der Waals surface area contributed by atoms with Gasteiger partial charge in [0.15, 0.2) is 5.78 Å². The highest BCUT2D eigenvalue weighted by atomic mass is 19.1. The van der Waals surface area contributed by atoms with E-state index in [4.69, 9.17) is 0 Å². The van der Waals surface area contributed by atoms with E-state index in [9.17, 15) is 14.0 Å². The Morgan fingerprint density at radius 3 is 2.65 bits per heavy atom. The van der Waals surface area contributed by atoms with Crippen molar-refractivity contribution in [2.24, 2.45) is 5.92 Å². The summed E-state index contributed by atoms with van der Waals surface area (Å²) >= 11 is 0. The van der Waals surface area contributed by atoms with E-state index in [1.807, 2.05) is 4.90 Å². The average Bonchev–Trinajstić information content (AvgIpc) is 2.80. The molecule has 2 rings (SSSR count). The Bertz CT molecular complexity index is 484. The third-order valence-corrected chi connectivity index (χ3v) is 3.87.